The molecule has 2 aliphatic heterocycles. The fourth-order valence-electron chi connectivity index (χ4n) is 2.86. The summed E-state index contributed by atoms with van der Waals surface area (Å²) in [5, 5.41) is 3.45. The van der Waals surface area contributed by atoms with Crippen LogP contribution in [-0.2, 0) is 17.7 Å². The van der Waals surface area contributed by atoms with Crippen LogP contribution in [-0.4, -0.2) is 36.7 Å². The third kappa shape index (κ3) is 2.38. The van der Waals surface area contributed by atoms with E-state index >= 15 is 0 Å². The number of anilines is 1. The summed E-state index contributed by atoms with van der Waals surface area (Å²) in [6.45, 7) is 8.41. The van der Waals surface area contributed by atoms with Crippen molar-refractivity contribution in [2.75, 3.05) is 25.0 Å². The van der Waals surface area contributed by atoms with Crippen molar-refractivity contribution in [3.8, 4) is 0 Å². The van der Waals surface area contributed by atoms with Crippen molar-refractivity contribution in [2.24, 2.45) is 0 Å². The molecular weight excluding hydrogens is 224 g/mol. The Morgan fingerprint density at radius 2 is 2.28 bits per heavy atom. The van der Waals surface area contributed by atoms with Crippen LogP contribution in [0.25, 0.3) is 0 Å². The van der Waals surface area contributed by atoms with Gasteiger partial charge in [-0.2, -0.15) is 0 Å². The molecule has 0 radical (unpaired) electrons. The quantitative estimate of drug-likeness (QED) is 0.866. The number of nitrogens with zero attached hydrogens (tertiary/aromatic N) is 1. The number of ether oxygens (including phenoxy) is 1. The Balaban J connectivity index is 1.72. The van der Waals surface area contributed by atoms with Crippen LogP contribution in [0.2, 0.25) is 0 Å². The second-order valence-corrected chi connectivity index (χ2v) is 5.59. The topological polar surface area (TPSA) is 24.5 Å². The lowest BCUT2D eigenvalue weighted by Crippen LogP contribution is -2.46. The molecule has 0 bridgehead atoms. The van der Waals surface area contributed by atoms with Crippen LogP contribution < -0.4 is 5.32 Å². The fourth-order valence-corrected chi connectivity index (χ4v) is 2.86. The van der Waals surface area contributed by atoms with Crippen molar-refractivity contribution in [1.82, 2.24) is 4.90 Å². The molecule has 0 amide bonds. The van der Waals surface area contributed by atoms with Crippen LogP contribution in [0.15, 0.2) is 18.2 Å². The van der Waals surface area contributed by atoms with Crippen molar-refractivity contribution in [2.45, 2.75) is 39.0 Å². The van der Waals surface area contributed by atoms with Gasteiger partial charge in [0.05, 0.1) is 12.7 Å². The maximum absolute atomic E-state index is 5.68. The van der Waals surface area contributed by atoms with Gasteiger partial charge in [-0.15, -0.1) is 0 Å². The Morgan fingerprint density at radius 1 is 1.39 bits per heavy atom. The minimum absolute atomic E-state index is 0.355. The number of hydrogen-bond donors (Lipinski definition) is 1. The smallest absolute Gasteiger partial charge is 0.0674 e. The first-order chi connectivity index (χ1) is 8.72. The molecule has 1 saturated heterocycles. The largest absolute Gasteiger partial charge is 0.384 e. The van der Waals surface area contributed by atoms with Crippen molar-refractivity contribution in [1.29, 1.82) is 0 Å². The SMILES string of the molecule is CC1CN(Cc2ccc3c(c2)NCC3)C(C)CO1. The Hall–Kier alpha value is -1.06. The summed E-state index contributed by atoms with van der Waals surface area (Å²) >= 11 is 0. The molecule has 2 atom stereocenters. The highest BCUT2D eigenvalue weighted by molar-refractivity contribution is 5.57. The summed E-state index contributed by atoms with van der Waals surface area (Å²) < 4.78 is 5.68. The van der Waals surface area contributed by atoms with Gasteiger partial charge < -0.3 is 10.1 Å². The third-order valence-corrected chi connectivity index (χ3v) is 4.01. The lowest BCUT2D eigenvalue weighted by Gasteiger charge is -2.36. The summed E-state index contributed by atoms with van der Waals surface area (Å²) in [5.74, 6) is 0. The van der Waals surface area contributed by atoms with Gasteiger partial charge in [0.2, 0.25) is 0 Å². The summed E-state index contributed by atoms with van der Waals surface area (Å²) in [5.41, 5.74) is 4.20. The molecule has 3 heteroatoms. The van der Waals surface area contributed by atoms with E-state index in [2.05, 4.69) is 42.3 Å². The first kappa shape index (κ1) is 12.0. The molecule has 1 aromatic carbocycles. The van der Waals surface area contributed by atoms with E-state index in [1.807, 2.05) is 0 Å². The molecule has 0 spiro atoms. The molecule has 0 aliphatic carbocycles. The van der Waals surface area contributed by atoms with Crippen LogP contribution in [0.3, 0.4) is 0 Å². The Morgan fingerprint density at radius 3 is 3.17 bits per heavy atom. The van der Waals surface area contributed by atoms with E-state index in [1.54, 1.807) is 0 Å². The fraction of sp³-hybridized carbons (Fsp3) is 0.600. The molecule has 98 valence electrons. The number of fused-ring (bicyclic) bond motifs is 1. The van der Waals surface area contributed by atoms with Crippen LogP contribution in [0, 0.1) is 0 Å². The molecule has 0 aromatic heterocycles. The molecule has 1 aromatic rings. The van der Waals surface area contributed by atoms with E-state index in [0.29, 0.717) is 12.1 Å². The van der Waals surface area contributed by atoms with Crippen LogP contribution in [0.4, 0.5) is 5.69 Å². The summed E-state index contributed by atoms with van der Waals surface area (Å²) in [6.07, 6.45) is 1.52. The number of nitrogens with one attached hydrogen (secondary N) is 1. The highest BCUT2D eigenvalue weighted by Crippen LogP contribution is 2.24. The average molecular weight is 246 g/mol. The first-order valence-corrected chi connectivity index (χ1v) is 6.93. The molecule has 2 unspecified atom stereocenters. The molecule has 2 aliphatic rings. The van der Waals surface area contributed by atoms with Gasteiger partial charge in [-0.25, -0.2) is 0 Å². The Kier molecular flexibility index (Phi) is 3.27. The second kappa shape index (κ2) is 4.90. The minimum Gasteiger partial charge on any atom is -0.384 e. The Bertz CT molecular complexity index is 433. The molecule has 1 fully saturated rings. The van der Waals surface area contributed by atoms with E-state index in [-0.39, 0.29) is 0 Å². The third-order valence-electron chi connectivity index (χ3n) is 4.01. The van der Waals surface area contributed by atoms with Gasteiger partial charge >= 0.3 is 0 Å². The normalized spacial score (nSPS) is 27.9. The van der Waals surface area contributed by atoms with E-state index in [0.717, 1.165) is 26.2 Å². The van der Waals surface area contributed by atoms with Gasteiger partial charge in [0.25, 0.3) is 0 Å². The van der Waals surface area contributed by atoms with E-state index in [1.165, 1.54) is 23.2 Å². The minimum atomic E-state index is 0.355. The second-order valence-electron chi connectivity index (χ2n) is 5.59. The van der Waals surface area contributed by atoms with E-state index in [4.69, 9.17) is 4.74 Å². The molecule has 2 heterocycles. The van der Waals surface area contributed by atoms with Crippen LogP contribution in [0.5, 0.6) is 0 Å². The van der Waals surface area contributed by atoms with Crippen molar-refractivity contribution < 1.29 is 4.74 Å². The summed E-state index contributed by atoms with van der Waals surface area (Å²) in [4.78, 5) is 2.52. The summed E-state index contributed by atoms with van der Waals surface area (Å²) in [6, 6.07) is 7.38. The van der Waals surface area contributed by atoms with Crippen LogP contribution in [0.1, 0.15) is 25.0 Å². The summed E-state index contributed by atoms with van der Waals surface area (Å²) in [7, 11) is 0. The first-order valence-electron chi connectivity index (χ1n) is 6.93. The molecule has 18 heavy (non-hydrogen) atoms. The Labute approximate surface area is 109 Å². The van der Waals surface area contributed by atoms with Gasteiger partial charge in [-0.1, -0.05) is 12.1 Å². The number of rotatable bonds is 2. The molecule has 1 N–H and O–H groups in total. The monoisotopic (exact) mass is 246 g/mol. The maximum Gasteiger partial charge on any atom is 0.0674 e. The lowest BCUT2D eigenvalue weighted by molar-refractivity contribution is -0.0526. The van der Waals surface area contributed by atoms with Gasteiger partial charge in [-0.3, -0.25) is 4.90 Å². The molecule has 3 rings (SSSR count). The van der Waals surface area contributed by atoms with Crippen molar-refractivity contribution in [3.05, 3.63) is 29.3 Å². The molecular formula is C15H22N2O. The highest BCUT2D eigenvalue weighted by atomic mass is 16.5. The zero-order chi connectivity index (χ0) is 12.5. The van der Waals surface area contributed by atoms with Gasteiger partial charge in [-0.05, 0) is 37.5 Å². The van der Waals surface area contributed by atoms with Gasteiger partial charge in [0.15, 0.2) is 0 Å². The zero-order valence-corrected chi connectivity index (χ0v) is 11.3. The predicted octanol–water partition coefficient (Wildman–Crippen LogP) is 2.26. The van der Waals surface area contributed by atoms with Crippen LogP contribution >= 0.6 is 0 Å². The number of benzene rings is 1. The lowest BCUT2D eigenvalue weighted by atomic mass is 10.1. The predicted molar refractivity (Wildman–Crippen MR) is 73.9 cm³/mol. The average Bonchev–Trinajstić information content (AvgIpc) is 2.81. The van der Waals surface area contributed by atoms with E-state index < -0.39 is 0 Å². The van der Waals surface area contributed by atoms with Gasteiger partial charge in [0, 0.05) is 31.4 Å². The molecule has 0 saturated carbocycles. The molecule has 3 nitrogen and oxygen atoms in total. The standard InChI is InChI=1S/C15H22N2O/c1-11-10-18-12(2)8-17(11)9-13-3-4-14-5-6-16-15(14)7-13/h3-4,7,11-12,16H,5-6,8-10H2,1-2H3. The van der Waals surface area contributed by atoms with Crippen molar-refractivity contribution in [3.63, 3.8) is 0 Å². The zero-order valence-electron chi connectivity index (χ0n) is 11.3. The number of hydrogen-bond acceptors (Lipinski definition) is 3. The highest BCUT2D eigenvalue weighted by Gasteiger charge is 2.23. The van der Waals surface area contributed by atoms with Crippen molar-refractivity contribution >= 4 is 5.69 Å². The maximum atomic E-state index is 5.68. The van der Waals surface area contributed by atoms with Gasteiger partial charge in [0.1, 0.15) is 0 Å². The van der Waals surface area contributed by atoms with E-state index in [9.17, 15) is 0 Å². The number of morpholine rings is 1.